The van der Waals surface area contributed by atoms with Gasteiger partial charge in [-0.05, 0) is 30.3 Å². The first-order chi connectivity index (χ1) is 12.5. The number of hydrogen-bond acceptors (Lipinski definition) is 5. The highest BCUT2D eigenvalue weighted by atomic mass is 35.5. The van der Waals surface area contributed by atoms with Crippen LogP contribution in [-0.4, -0.2) is 43.1 Å². The number of pyridine rings is 1. The fourth-order valence-corrected chi connectivity index (χ4v) is 3.04. The molecule has 136 valence electrons. The van der Waals surface area contributed by atoms with Crippen LogP contribution in [0.4, 0.5) is 11.4 Å². The summed E-state index contributed by atoms with van der Waals surface area (Å²) in [5.74, 6) is -1.18. The third-order valence-electron chi connectivity index (χ3n) is 3.91. The minimum atomic E-state index is -0.709. The zero-order chi connectivity index (χ0) is 18.7. The molecule has 2 amide bonds. The number of carbonyl (C=O) groups is 2. The number of amides is 2. The molecule has 1 aliphatic rings. The molecule has 0 unspecified atom stereocenters. The van der Waals surface area contributed by atoms with Crippen molar-refractivity contribution in [2.75, 3.05) is 36.5 Å². The second-order valence-corrected chi connectivity index (χ2v) is 6.41. The van der Waals surface area contributed by atoms with E-state index in [9.17, 15) is 9.59 Å². The summed E-state index contributed by atoms with van der Waals surface area (Å²) in [6.45, 7) is 2.65. The van der Waals surface area contributed by atoms with Gasteiger partial charge >= 0.3 is 0 Å². The summed E-state index contributed by atoms with van der Waals surface area (Å²) in [5.41, 5.74) is 6.70. The normalized spacial score (nSPS) is 14.2. The Kier molecular flexibility index (Phi) is 5.61. The molecule has 3 N–H and O–H groups in total. The number of primary amides is 1. The van der Waals surface area contributed by atoms with Crippen LogP contribution in [-0.2, 0) is 4.74 Å². The van der Waals surface area contributed by atoms with E-state index in [1.807, 2.05) is 6.07 Å². The number of halogens is 2. The Hall–Kier alpha value is -2.35. The lowest BCUT2D eigenvalue weighted by molar-refractivity contribution is 0.0993. The number of benzene rings is 1. The SMILES string of the molecule is NC(=O)c1ccc(C(=O)Nc2cc(Cl)ccc2N2CCOCC2)nc1Cl. The average molecular weight is 395 g/mol. The first-order valence-corrected chi connectivity index (χ1v) is 8.61. The number of carbonyl (C=O) groups excluding carboxylic acids is 2. The van der Waals surface area contributed by atoms with Crippen LogP contribution in [0.3, 0.4) is 0 Å². The number of nitrogens with zero attached hydrogens (tertiary/aromatic N) is 2. The van der Waals surface area contributed by atoms with E-state index in [0.717, 1.165) is 5.69 Å². The second kappa shape index (κ2) is 7.90. The summed E-state index contributed by atoms with van der Waals surface area (Å²) in [5, 5.41) is 3.17. The number of anilines is 2. The summed E-state index contributed by atoms with van der Waals surface area (Å²) in [4.78, 5) is 29.8. The molecule has 2 heterocycles. The zero-order valence-electron chi connectivity index (χ0n) is 13.7. The smallest absolute Gasteiger partial charge is 0.274 e. The van der Waals surface area contributed by atoms with Crippen LogP contribution in [0.15, 0.2) is 30.3 Å². The molecule has 1 saturated heterocycles. The molecule has 3 rings (SSSR count). The molecule has 0 saturated carbocycles. The fraction of sp³-hybridized carbons (Fsp3) is 0.235. The number of morpholine rings is 1. The molecule has 2 aromatic rings. The predicted molar refractivity (Wildman–Crippen MR) is 100 cm³/mol. The van der Waals surface area contributed by atoms with Crippen molar-refractivity contribution < 1.29 is 14.3 Å². The van der Waals surface area contributed by atoms with Crippen LogP contribution in [0, 0.1) is 0 Å². The molecule has 1 fully saturated rings. The van der Waals surface area contributed by atoms with Crippen molar-refractivity contribution in [1.29, 1.82) is 0 Å². The quantitative estimate of drug-likeness (QED) is 0.776. The Balaban J connectivity index is 1.86. The Morgan fingerprint density at radius 3 is 2.54 bits per heavy atom. The van der Waals surface area contributed by atoms with Gasteiger partial charge in [-0.15, -0.1) is 0 Å². The fourth-order valence-electron chi connectivity index (χ4n) is 2.62. The van der Waals surface area contributed by atoms with E-state index in [1.54, 1.807) is 12.1 Å². The molecule has 0 radical (unpaired) electrons. The van der Waals surface area contributed by atoms with E-state index >= 15 is 0 Å². The van der Waals surface area contributed by atoms with E-state index in [1.165, 1.54) is 12.1 Å². The molecule has 7 nitrogen and oxygen atoms in total. The molecule has 1 aromatic carbocycles. The first-order valence-electron chi connectivity index (χ1n) is 7.85. The van der Waals surface area contributed by atoms with Gasteiger partial charge in [0.15, 0.2) is 0 Å². The number of nitrogens with one attached hydrogen (secondary N) is 1. The monoisotopic (exact) mass is 394 g/mol. The van der Waals surface area contributed by atoms with Gasteiger partial charge in [0.05, 0.1) is 30.2 Å². The Labute approximate surface area is 160 Å². The van der Waals surface area contributed by atoms with Gasteiger partial charge in [0, 0.05) is 18.1 Å². The number of rotatable bonds is 4. The van der Waals surface area contributed by atoms with Crippen molar-refractivity contribution in [2.45, 2.75) is 0 Å². The van der Waals surface area contributed by atoms with Crippen molar-refractivity contribution in [1.82, 2.24) is 4.98 Å². The van der Waals surface area contributed by atoms with Crippen LogP contribution >= 0.6 is 23.2 Å². The van der Waals surface area contributed by atoms with Gasteiger partial charge in [0.2, 0.25) is 0 Å². The Morgan fingerprint density at radius 2 is 1.88 bits per heavy atom. The third-order valence-corrected chi connectivity index (χ3v) is 4.43. The molecule has 0 spiro atoms. The van der Waals surface area contributed by atoms with Crippen LogP contribution in [0.5, 0.6) is 0 Å². The highest BCUT2D eigenvalue weighted by Gasteiger charge is 2.18. The Morgan fingerprint density at radius 1 is 1.15 bits per heavy atom. The van der Waals surface area contributed by atoms with E-state index in [2.05, 4.69) is 15.2 Å². The lowest BCUT2D eigenvalue weighted by atomic mass is 10.2. The van der Waals surface area contributed by atoms with Crippen molar-refractivity contribution >= 4 is 46.4 Å². The van der Waals surface area contributed by atoms with Gasteiger partial charge in [-0.25, -0.2) is 4.98 Å². The highest BCUT2D eigenvalue weighted by Crippen LogP contribution is 2.30. The van der Waals surface area contributed by atoms with Gasteiger partial charge in [-0.1, -0.05) is 23.2 Å². The van der Waals surface area contributed by atoms with Gasteiger partial charge in [-0.2, -0.15) is 0 Å². The summed E-state index contributed by atoms with van der Waals surface area (Å²) in [7, 11) is 0. The van der Waals surface area contributed by atoms with Gasteiger partial charge in [0.25, 0.3) is 11.8 Å². The van der Waals surface area contributed by atoms with E-state index in [4.69, 9.17) is 33.7 Å². The summed E-state index contributed by atoms with van der Waals surface area (Å²) >= 11 is 12.0. The van der Waals surface area contributed by atoms with Crippen molar-refractivity contribution in [3.05, 3.63) is 51.8 Å². The zero-order valence-corrected chi connectivity index (χ0v) is 15.2. The molecule has 9 heteroatoms. The van der Waals surface area contributed by atoms with Crippen molar-refractivity contribution in [3.63, 3.8) is 0 Å². The summed E-state index contributed by atoms with van der Waals surface area (Å²) < 4.78 is 5.36. The van der Waals surface area contributed by atoms with Crippen LogP contribution < -0.4 is 16.0 Å². The topological polar surface area (TPSA) is 97.5 Å². The molecular weight excluding hydrogens is 379 g/mol. The third kappa shape index (κ3) is 4.07. The molecule has 1 aromatic heterocycles. The van der Waals surface area contributed by atoms with Crippen molar-refractivity contribution in [3.8, 4) is 0 Å². The summed E-state index contributed by atoms with van der Waals surface area (Å²) in [6, 6.07) is 8.04. The van der Waals surface area contributed by atoms with Crippen LogP contribution in [0.1, 0.15) is 20.8 Å². The lowest BCUT2D eigenvalue weighted by Gasteiger charge is -2.30. The molecule has 1 aliphatic heterocycles. The van der Waals surface area contributed by atoms with Gasteiger partial charge < -0.3 is 20.7 Å². The number of ether oxygens (including phenoxy) is 1. The standard InChI is InChI=1S/C17H16Cl2N4O3/c18-10-1-4-14(23-5-7-26-8-6-23)13(9-10)22-17(25)12-3-2-11(16(20)24)15(19)21-12/h1-4,9H,5-8H2,(H2,20,24)(H,22,25). The Bertz CT molecular complexity index is 854. The largest absolute Gasteiger partial charge is 0.378 e. The van der Waals surface area contributed by atoms with Gasteiger partial charge in [-0.3, -0.25) is 9.59 Å². The maximum atomic E-state index is 12.6. The molecular formula is C17H16Cl2N4O3. The highest BCUT2D eigenvalue weighted by molar-refractivity contribution is 6.33. The lowest BCUT2D eigenvalue weighted by Crippen LogP contribution is -2.36. The van der Waals surface area contributed by atoms with E-state index < -0.39 is 11.8 Å². The molecule has 26 heavy (non-hydrogen) atoms. The molecule has 0 atom stereocenters. The number of hydrogen-bond donors (Lipinski definition) is 2. The minimum Gasteiger partial charge on any atom is -0.378 e. The number of aromatic nitrogens is 1. The maximum absolute atomic E-state index is 12.6. The first kappa shape index (κ1) is 18.4. The minimum absolute atomic E-state index is 0.0555. The maximum Gasteiger partial charge on any atom is 0.274 e. The predicted octanol–water partition coefficient (Wildman–Crippen LogP) is 2.58. The number of nitrogens with two attached hydrogens (primary N) is 1. The average Bonchev–Trinajstić information content (AvgIpc) is 2.62. The second-order valence-electron chi connectivity index (χ2n) is 5.61. The van der Waals surface area contributed by atoms with Crippen LogP contribution in [0.25, 0.3) is 0 Å². The summed E-state index contributed by atoms with van der Waals surface area (Å²) in [6.07, 6.45) is 0. The van der Waals surface area contributed by atoms with Gasteiger partial charge in [0.1, 0.15) is 10.8 Å². The van der Waals surface area contributed by atoms with Crippen molar-refractivity contribution in [2.24, 2.45) is 5.73 Å². The van der Waals surface area contributed by atoms with E-state index in [-0.39, 0.29) is 16.4 Å². The van der Waals surface area contributed by atoms with E-state index in [0.29, 0.717) is 37.0 Å². The molecule has 0 aliphatic carbocycles. The molecule has 0 bridgehead atoms. The van der Waals surface area contributed by atoms with Crippen LogP contribution in [0.2, 0.25) is 10.2 Å².